The molecule has 5 atom stereocenters. The van der Waals surface area contributed by atoms with E-state index in [1.165, 1.54) is 25.7 Å². The summed E-state index contributed by atoms with van der Waals surface area (Å²) in [5.41, 5.74) is 0. The van der Waals surface area contributed by atoms with E-state index in [-0.39, 0.29) is 0 Å². The third-order valence-corrected chi connectivity index (χ3v) is 5.04. The molecule has 2 aliphatic carbocycles. The van der Waals surface area contributed by atoms with Crippen molar-refractivity contribution in [3.63, 3.8) is 0 Å². The summed E-state index contributed by atoms with van der Waals surface area (Å²) in [6.07, 6.45) is 7.58. The lowest BCUT2D eigenvalue weighted by molar-refractivity contribution is 0.193. The highest BCUT2D eigenvalue weighted by Crippen LogP contribution is 2.46. The van der Waals surface area contributed by atoms with Gasteiger partial charge >= 0.3 is 0 Å². The maximum Gasteiger partial charge on any atom is -0.0383 e. The predicted molar refractivity (Wildman–Crippen MR) is 57.6 cm³/mol. The van der Waals surface area contributed by atoms with Crippen LogP contribution in [0.3, 0.4) is 0 Å². The van der Waals surface area contributed by atoms with Gasteiger partial charge in [-0.3, -0.25) is 0 Å². The Balaban J connectivity index is 2.07. The average molecular weight is 180 g/mol. The Hall–Kier alpha value is 0. The summed E-state index contributed by atoms with van der Waals surface area (Å²) in [5.74, 6) is 5.15. The maximum absolute atomic E-state index is 2.49. The summed E-state index contributed by atoms with van der Waals surface area (Å²) < 4.78 is 0. The van der Waals surface area contributed by atoms with E-state index in [9.17, 15) is 0 Å². The molecule has 0 radical (unpaired) electrons. The van der Waals surface area contributed by atoms with Crippen molar-refractivity contribution in [1.82, 2.24) is 0 Å². The van der Waals surface area contributed by atoms with Gasteiger partial charge in [-0.1, -0.05) is 33.6 Å². The monoisotopic (exact) mass is 180 g/mol. The minimum atomic E-state index is 0.978. The molecular weight excluding hydrogens is 156 g/mol. The number of fused-ring (bicyclic) bond motifs is 2. The summed E-state index contributed by atoms with van der Waals surface area (Å²) >= 11 is 0. The Morgan fingerprint density at radius 1 is 0.692 bits per heavy atom. The number of hydrogen-bond acceptors (Lipinski definition) is 0. The van der Waals surface area contributed by atoms with Crippen LogP contribution in [0.5, 0.6) is 0 Å². The van der Waals surface area contributed by atoms with Crippen molar-refractivity contribution in [2.45, 2.75) is 52.9 Å². The van der Waals surface area contributed by atoms with Crippen molar-refractivity contribution >= 4 is 0 Å². The molecule has 0 aromatic rings. The van der Waals surface area contributed by atoms with Crippen LogP contribution in [0.2, 0.25) is 0 Å². The first-order valence-electron chi connectivity index (χ1n) is 6.18. The van der Waals surface area contributed by atoms with Crippen molar-refractivity contribution in [3.8, 4) is 0 Å². The van der Waals surface area contributed by atoms with Gasteiger partial charge in [-0.05, 0) is 48.9 Å². The maximum atomic E-state index is 2.49. The first kappa shape index (κ1) is 9.55. The summed E-state index contributed by atoms with van der Waals surface area (Å²) in [7, 11) is 0. The van der Waals surface area contributed by atoms with Crippen molar-refractivity contribution in [2.75, 3.05) is 0 Å². The molecule has 13 heavy (non-hydrogen) atoms. The number of hydrogen-bond donors (Lipinski definition) is 0. The molecule has 0 saturated heterocycles. The van der Waals surface area contributed by atoms with Crippen LogP contribution in [0, 0.1) is 29.6 Å². The fourth-order valence-corrected chi connectivity index (χ4v) is 3.54. The molecule has 0 nitrogen and oxygen atoms in total. The van der Waals surface area contributed by atoms with E-state index >= 15 is 0 Å². The lowest BCUT2D eigenvalue weighted by atomic mass is 9.75. The van der Waals surface area contributed by atoms with Crippen LogP contribution in [0.15, 0.2) is 0 Å². The molecule has 0 N–H and O–H groups in total. The van der Waals surface area contributed by atoms with Gasteiger partial charge in [-0.15, -0.1) is 0 Å². The molecule has 0 aromatic heterocycles. The van der Waals surface area contributed by atoms with Crippen molar-refractivity contribution in [2.24, 2.45) is 29.6 Å². The second-order valence-electron chi connectivity index (χ2n) is 5.72. The Labute approximate surface area is 83.1 Å². The third-order valence-electron chi connectivity index (χ3n) is 5.04. The van der Waals surface area contributed by atoms with Gasteiger partial charge in [0.2, 0.25) is 0 Å². The Kier molecular flexibility index (Phi) is 2.67. The molecule has 2 saturated carbocycles. The Bertz CT molecular complexity index is 173. The molecule has 2 rings (SSSR count). The van der Waals surface area contributed by atoms with Gasteiger partial charge in [0, 0.05) is 0 Å². The number of rotatable bonds is 0. The van der Waals surface area contributed by atoms with Gasteiger partial charge in [-0.2, -0.15) is 0 Å². The fraction of sp³-hybridized carbons (Fsp3) is 1.00. The zero-order valence-electron chi connectivity index (χ0n) is 9.42. The van der Waals surface area contributed by atoms with E-state index in [4.69, 9.17) is 0 Å². The van der Waals surface area contributed by atoms with E-state index in [1.807, 2.05) is 0 Å². The molecular formula is C13H24. The summed E-state index contributed by atoms with van der Waals surface area (Å²) in [4.78, 5) is 0. The minimum Gasteiger partial charge on any atom is -0.0622 e. The van der Waals surface area contributed by atoms with Crippen LogP contribution in [0.1, 0.15) is 52.9 Å². The zero-order chi connectivity index (χ0) is 9.42. The standard InChI is InChI=1S/C13H24/c1-9-4-5-10(2)12-6-7-13(8-12)11(9)3/h9-13H,4-8H2,1-3H3. The van der Waals surface area contributed by atoms with Crippen LogP contribution >= 0.6 is 0 Å². The van der Waals surface area contributed by atoms with Gasteiger partial charge in [0.15, 0.2) is 0 Å². The van der Waals surface area contributed by atoms with Gasteiger partial charge in [0.05, 0.1) is 0 Å². The molecule has 2 fully saturated rings. The summed E-state index contributed by atoms with van der Waals surface area (Å²) in [6.45, 7) is 7.44. The first-order chi connectivity index (χ1) is 6.18. The lowest BCUT2D eigenvalue weighted by Gasteiger charge is -2.31. The smallest absolute Gasteiger partial charge is 0.0383 e. The normalized spacial score (nSPS) is 51.5. The fourth-order valence-electron chi connectivity index (χ4n) is 3.54. The first-order valence-corrected chi connectivity index (χ1v) is 6.18. The predicted octanol–water partition coefficient (Wildman–Crippen LogP) is 4.10. The van der Waals surface area contributed by atoms with E-state index < -0.39 is 0 Å². The molecule has 76 valence electrons. The molecule has 0 aliphatic heterocycles. The molecule has 0 aromatic carbocycles. The molecule has 0 heteroatoms. The third kappa shape index (κ3) is 1.78. The topological polar surface area (TPSA) is 0 Å². The lowest BCUT2D eigenvalue weighted by Crippen LogP contribution is -2.22. The second-order valence-corrected chi connectivity index (χ2v) is 5.72. The van der Waals surface area contributed by atoms with Gasteiger partial charge in [0.1, 0.15) is 0 Å². The van der Waals surface area contributed by atoms with Crippen LogP contribution in [-0.4, -0.2) is 0 Å². The van der Waals surface area contributed by atoms with Crippen LogP contribution in [-0.2, 0) is 0 Å². The largest absolute Gasteiger partial charge is 0.0622 e. The van der Waals surface area contributed by atoms with Gasteiger partial charge in [-0.25, -0.2) is 0 Å². The highest BCUT2D eigenvalue weighted by molar-refractivity contribution is 4.86. The van der Waals surface area contributed by atoms with Crippen molar-refractivity contribution in [1.29, 1.82) is 0 Å². The zero-order valence-corrected chi connectivity index (χ0v) is 9.42. The van der Waals surface area contributed by atoms with E-state index in [0.717, 1.165) is 29.6 Å². The molecule has 0 heterocycles. The van der Waals surface area contributed by atoms with E-state index in [0.29, 0.717) is 0 Å². The molecule has 2 bridgehead atoms. The van der Waals surface area contributed by atoms with Crippen LogP contribution in [0.4, 0.5) is 0 Å². The minimum absolute atomic E-state index is 0.978. The quantitative estimate of drug-likeness (QED) is 0.526. The molecule has 0 amide bonds. The van der Waals surface area contributed by atoms with E-state index in [2.05, 4.69) is 20.8 Å². The van der Waals surface area contributed by atoms with E-state index in [1.54, 1.807) is 6.42 Å². The summed E-state index contributed by atoms with van der Waals surface area (Å²) in [6, 6.07) is 0. The molecule has 5 unspecified atom stereocenters. The average Bonchev–Trinajstić information content (AvgIpc) is 2.60. The molecule has 0 spiro atoms. The Morgan fingerprint density at radius 3 is 2.08 bits per heavy atom. The van der Waals surface area contributed by atoms with Crippen molar-refractivity contribution in [3.05, 3.63) is 0 Å². The summed E-state index contributed by atoms with van der Waals surface area (Å²) in [5, 5.41) is 0. The van der Waals surface area contributed by atoms with Gasteiger partial charge < -0.3 is 0 Å². The molecule has 2 aliphatic rings. The van der Waals surface area contributed by atoms with Crippen LogP contribution < -0.4 is 0 Å². The second kappa shape index (κ2) is 3.63. The van der Waals surface area contributed by atoms with Crippen LogP contribution in [0.25, 0.3) is 0 Å². The highest BCUT2D eigenvalue weighted by atomic mass is 14.4. The SMILES string of the molecule is CC1CCC(C)C(C)C2CCC1C2. The Morgan fingerprint density at radius 2 is 1.31 bits per heavy atom. The highest BCUT2D eigenvalue weighted by Gasteiger charge is 2.35. The van der Waals surface area contributed by atoms with Gasteiger partial charge in [0.25, 0.3) is 0 Å². The van der Waals surface area contributed by atoms with Crippen molar-refractivity contribution < 1.29 is 0 Å².